The minimum Gasteiger partial charge on any atom is -0.454 e. The molecule has 0 aliphatic carbocycles. The van der Waals surface area contributed by atoms with Gasteiger partial charge in [-0.05, 0) is 54.9 Å². The smallest absolute Gasteiger partial charge is 0.338 e. The zero-order chi connectivity index (χ0) is 19.4. The first-order chi connectivity index (χ1) is 13.0. The number of ketones is 1. The van der Waals surface area contributed by atoms with Crippen LogP contribution in [0.2, 0.25) is 0 Å². The van der Waals surface area contributed by atoms with E-state index in [0.717, 1.165) is 14.5 Å². The van der Waals surface area contributed by atoms with Crippen LogP contribution in [0.15, 0.2) is 57.3 Å². The van der Waals surface area contributed by atoms with Gasteiger partial charge in [-0.25, -0.2) is 9.48 Å². The van der Waals surface area contributed by atoms with Gasteiger partial charge in [0.15, 0.2) is 20.7 Å². The van der Waals surface area contributed by atoms with Gasteiger partial charge in [0, 0.05) is 10.0 Å². The molecular formula is C18H13BrN2O3S3. The van der Waals surface area contributed by atoms with Crippen LogP contribution in [0.4, 0.5) is 0 Å². The first-order valence-electron chi connectivity index (χ1n) is 7.68. The van der Waals surface area contributed by atoms with Crippen molar-refractivity contribution in [1.82, 2.24) is 9.78 Å². The molecule has 0 radical (unpaired) electrons. The number of ether oxygens (including phenoxy) is 1. The van der Waals surface area contributed by atoms with Crippen molar-refractivity contribution in [3.8, 4) is 5.69 Å². The lowest BCUT2D eigenvalue weighted by Gasteiger charge is -2.06. The predicted octanol–water partition coefficient (Wildman–Crippen LogP) is 5.19. The predicted molar refractivity (Wildman–Crippen MR) is 113 cm³/mol. The van der Waals surface area contributed by atoms with Crippen LogP contribution in [0, 0.1) is 3.95 Å². The topological polar surface area (TPSA) is 61.2 Å². The van der Waals surface area contributed by atoms with E-state index in [0.29, 0.717) is 15.1 Å². The largest absolute Gasteiger partial charge is 0.454 e. The van der Waals surface area contributed by atoms with Gasteiger partial charge in [0.1, 0.15) is 0 Å². The molecule has 2 aromatic carbocycles. The standard InChI is InChI=1S/C18H13BrN2O3S3/c1-26-17-20-21(18(25)27-17)14-8-4-12(5-9-14)16(23)24-10-15(22)11-2-6-13(19)7-3-11/h2-9H,10H2,1H3. The van der Waals surface area contributed by atoms with E-state index < -0.39 is 5.97 Å². The van der Waals surface area contributed by atoms with E-state index in [1.807, 2.05) is 6.26 Å². The van der Waals surface area contributed by atoms with E-state index in [-0.39, 0.29) is 12.4 Å². The third kappa shape index (κ3) is 4.92. The van der Waals surface area contributed by atoms with Crippen molar-refractivity contribution in [3.05, 3.63) is 68.1 Å². The van der Waals surface area contributed by atoms with E-state index in [1.165, 1.54) is 23.1 Å². The Morgan fingerprint density at radius 1 is 1.15 bits per heavy atom. The molecule has 3 aromatic rings. The van der Waals surface area contributed by atoms with Crippen LogP contribution in [-0.2, 0) is 4.74 Å². The van der Waals surface area contributed by atoms with Gasteiger partial charge in [-0.3, -0.25) is 4.79 Å². The Hall–Kier alpha value is -1.81. The van der Waals surface area contributed by atoms with Crippen molar-refractivity contribution in [2.24, 2.45) is 0 Å². The fourth-order valence-electron chi connectivity index (χ4n) is 2.18. The second kappa shape index (κ2) is 8.92. The minimum absolute atomic E-state index is 0.258. The third-order valence-corrected chi connectivity index (χ3v) is 6.29. The summed E-state index contributed by atoms with van der Waals surface area (Å²) >= 11 is 11.6. The van der Waals surface area contributed by atoms with Crippen LogP contribution in [0.1, 0.15) is 20.7 Å². The second-order valence-corrected chi connectivity index (χ2v) is 8.89. The molecule has 0 saturated heterocycles. The van der Waals surface area contributed by atoms with Crippen molar-refractivity contribution in [2.45, 2.75) is 4.34 Å². The fourth-order valence-corrected chi connectivity index (χ4v) is 4.22. The number of carbonyl (C=O) groups excluding carboxylic acids is 2. The zero-order valence-electron chi connectivity index (χ0n) is 14.0. The Bertz CT molecular complexity index is 1030. The summed E-state index contributed by atoms with van der Waals surface area (Å²) in [5.74, 6) is -0.815. The van der Waals surface area contributed by atoms with Gasteiger partial charge in [-0.2, -0.15) is 0 Å². The lowest BCUT2D eigenvalue weighted by molar-refractivity contribution is 0.0475. The molecule has 0 unspecified atom stereocenters. The summed E-state index contributed by atoms with van der Waals surface area (Å²) in [6.45, 7) is -0.309. The first kappa shape index (κ1) is 19.9. The zero-order valence-corrected chi connectivity index (χ0v) is 18.1. The number of carbonyl (C=O) groups is 2. The van der Waals surface area contributed by atoms with Gasteiger partial charge in [0.05, 0.1) is 11.3 Å². The van der Waals surface area contributed by atoms with Crippen LogP contribution in [0.5, 0.6) is 0 Å². The molecule has 9 heteroatoms. The molecule has 0 fully saturated rings. The molecule has 0 atom stereocenters. The molecule has 0 saturated carbocycles. The van der Waals surface area contributed by atoms with Crippen LogP contribution in [-0.4, -0.2) is 34.4 Å². The summed E-state index contributed by atoms with van der Waals surface area (Å²) in [5, 5.41) is 4.40. The van der Waals surface area contributed by atoms with Gasteiger partial charge in [0.2, 0.25) is 0 Å². The number of esters is 1. The summed E-state index contributed by atoms with van der Waals surface area (Å²) in [4.78, 5) is 24.3. The monoisotopic (exact) mass is 480 g/mol. The Morgan fingerprint density at radius 3 is 2.37 bits per heavy atom. The normalized spacial score (nSPS) is 10.6. The van der Waals surface area contributed by atoms with Gasteiger partial charge < -0.3 is 4.74 Å². The highest BCUT2D eigenvalue weighted by molar-refractivity contribution is 9.10. The molecule has 138 valence electrons. The Balaban J connectivity index is 1.65. The van der Waals surface area contributed by atoms with Gasteiger partial charge >= 0.3 is 5.97 Å². The number of rotatable bonds is 6. The van der Waals surface area contributed by atoms with Crippen molar-refractivity contribution >= 4 is 63.0 Å². The van der Waals surface area contributed by atoms with E-state index in [1.54, 1.807) is 53.2 Å². The molecule has 0 aliphatic rings. The lowest BCUT2D eigenvalue weighted by atomic mass is 10.1. The summed E-state index contributed by atoms with van der Waals surface area (Å²) < 4.78 is 9.15. The maximum atomic E-state index is 12.2. The Labute approximate surface area is 177 Å². The molecule has 3 rings (SSSR count). The van der Waals surface area contributed by atoms with E-state index in [9.17, 15) is 9.59 Å². The van der Waals surface area contributed by atoms with Crippen molar-refractivity contribution in [2.75, 3.05) is 12.9 Å². The van der Waals surface area contributed by atoms with Crippen molar-refractivity contribution in [1.29, 1.82) is 0 Å². The number of aromatic nitrogens is 2. The lowest BCUT2D eigenvalue weighted by Crippen LogP contribution is -2.14. The average molecular weight is 481 g/mol. The molecule has 1 aromatic heterocycles. The number of nitrogens with zero attached hydrogens (tertiary/aromatic N) is 2. The molecule has 0 aliphatic heterocycles. The first-order valence-corrected chi connectivity index (χ1v) is 10.9. The molecule has 5 nitrogen and oxygen atoms in total. The van der Waals surface area contributed by atoms with Crippen molar-refractivity contribution in [3.63, 3.8) is 0 Å². The SMILES string of the molecule is CSc1nn(-c2ccc(C(=O)OCC(=O)c3ccc(Br)cc3)cc2)c(=S)s1. The fraction of sp³-hybridized carbons (Fsp3) is 0.111. The Morgan fingerprint density at radius 2 is 1.78 bits per heavy atom. The van der Waals surface area contributed by atoms with Crippen LogP contribution < -0.4 is 0 Å². The number of thioether (sulfide) groups is 1. The maximum absolute atomic E-state index is 12.2. The molecular weight excluding hydrogens is 468 g/mol. The summed E-state index contributed by atoms with van der Waals surface area (Å²) in [6, 6.07) is 13.6. The molecule has 0 bridgehead atoms. The number of Topliss-reactive ketones (excluding diaryl/α,β-unsaturated/α-hetero) is 1. The van der Waals surface area contributed by atoms with Crippen LogP contribution >= 0.6 is 51.2 Å². The number of benzene rings is 2. The van der Waals surface area contributed by atoms with Gasteiger partial charge in [-0.1, -0.05) is 51.2 Å². The third-order valence-electron chi connectivity index (χ3n) is 3.55. The highest BCUT2D eigenvalue weighted by Crippen LogP contribution is 2.22. The second-order valence-electron chi connectivity index (χ2n) is 5.30. The average Bonchev–Trinajstić information content (AvgIpc) is 3.07. The van der Waals surface area contributed by atoms with Gasteiger partial charge in [0.25, 0.3) is 0 Å². The molecule has 27 heavy (non-hydrogen) atoms. The maximum Gasteiger partial charge on any atom is 0.338 e. The summed E-state index contributed by atoms with van der Waals surface area (Å²) in [7, 11) is 0. The van der Waals surface area contributed by atoms with E-state index >= 15 is 0 Å². The molecule has 0 spiro atoms. The van der Waals surface area contributed by atoms with Crippen LogP contribution in [0.25, 0.3) is 5.69 Å². The van der Waals surface area contributed by atoms with Crippen LogP contribution in [0.3, 0.4) is 0 Å². The summed E-state index contributed by atoms with van der Waals surface area (Å²) in [6.07, 6.45) is 1.94. The molecule has 0 N–H and O–H groups in total. The summed E-state index contributed by atoms with van der Waals surface area (Å²) in [5.41, 5.74) is 1.61. The molecule has 1 heterocycles. The highest BCUT2D eigenvalue weighted by Gasteiger charge is 2.13. The quantitative estimate of drug-likeness (QED) is 0.209. The molecule has 0 amide bonds. The van der Waals surface area contributed by atoms with Crippen molar-refractivity contribution < 1.29 is 14.3 Å². The Kier molecular flexibility index (Phi) is 6.59. The number of halogens is 1. The minimum atomic E-state index is -0.557. The van der Waals surface area contributed by atoms with Gasteiger partial charge in [-0.15, -0.1) is 5.10 Å². The number of hydrogen-bond acceptors (Lipinski definition) is 7. The highest BCUT2D eigenvalue weighted by atomic mass is 79.9. The van der Waals surface area contributed by atoms with E-state index in [4.69, 9.17) is 17.0 Å². The van der Waals surface area contributed by atoms with E-state index in [2.05, 4.69) is 21.0 Å². The number of hydrogen-bond donors (Lipinski definition) is 0.